The number of likely N-dealkylation sites (tertiary alicyclic amines) is 1. The Morgan fingerprint density at radius 3 is 2.56 bits per heavy atom. The number of fused-ring (bicyclic) bond motifs is 1. The lowest BCUT2D eigenvalue weighted by molar-refractivity contribution is 0.285. The van der Waals surface area contributed by atoms with Crippen molar-refractivity contribution in [1.29, 1.82) is 0 Å². The number of hydrogen-bond acceptors (Lipinski definition) is 7. The first-order chi connectivity index (χ1) is 16.6. The summed E-state index contributed by atoms with van der Waals surface area (Å²) in [6.07, 6.45) is 1.57. The first-order valence-corrected chi connectivity index (χ1v) is 12.0. The summed E-state index contributed by atoms with van der Waals surface area (Å²) in [5.41, 5.74) is 2.07. The van der Waals surface area contributed by atoms with Crippen molar-refractivity contribution >= 4 is 22.7 Å². The molecule has 2 saturated heterocycles. The SMILES string of the molecule is COc1cc2nc(N3CCCC(F)C3)nc(NC3CCN(Cc4ccccc4)C3)c2cc1OC. The van der Waals surface area contributed by atoms with E-state index in [1.165, 1.54) is 5.56 Å². The summed E-state index contributed by atoms with van der Waals surface area (Å²) in [4.78, 5) is 14.1. The second-order valence-electron chi connectivity index (χ2n) is 9.13. The number of anilines is 2. The molecule has 2 aromatic carbocycles. The van der Waals surface area contributed by atoms with Gasteiger partial charge in [0, 0.05) is 43.7 Å². The molecule has 8 heteroatoms. The van der Waals surface area contributed by atoms with Gasteiger partial charge in [-0.15, -0.1) is 0 Å². The Hall–Kier alpha value is -3.13. The van der Waals surface area contributed by atoms with Crippen LogP contribution in [0.25, 0.3) is 10.9 Å². The average Bonchev–Trinajstić information content (AvgIpc) is 3.30. The third-order valence-corrected chi connectivity index (χ3v) is 6.70. The fourth-order valence-electron chi connectivity index (χ4n) is 4.93. The van der Waals surface area contributed by atoms with Gasteiger partial charge in [-0.2, -0.15) is 4.98 Å². The van der Waals surface area contributed by atoms with E-state index in [0.717, 1.165) is 55.7 Å². The van der Waals surface area contributed by atoms with Crippen LogP contribution in [0, 0.1) is 0 Å². The zero-order valence-corrected chi connectivity index (χ0v) is 19.8. The molecular weight excluding hydrogens is 433 g/mol. The number of benzene rings is 2. The van der Waals surface area contributed by atoms with Crippen molar-refractivity contribution in [3.63, 3.8) is 0 Å². The number of alkyl halides is 1. The first kappa shape index (κ1) is 22.7. The van der Waals surface area contributed by atoms with E-state index in [1.807, 2.05) is 23.1 Å². The molecule has 0 bridgehead atoms. The summed E-state index contributed by atoms with van der Waals surface area (Å²) in [5.74, 6) is 2.56. The highest BCUT2D eigenvalue weighted by molar-refractivity contribution is 5.93. The summed E-state index contributed by atoms with van der Waals surface area (Å²) < 4.78 is 25.2. The Labute approximate surface area is 199 Å². The standard InChI is InChI=1S/C26H32FN5O2/c1-33-23-13-21-22(14-24(23)34-2)29-26(32-11-6-9-19(27)16-32)30-25(21)28-20-10-12-31(17-20)15-18-7-4-3-5-8-18/h3-5,7-8,13-14,19-20H,6,9-12,15-17H2,1-2H3,(H,28,29,30). The largest absolute Gasteiger partial charge is 0.493 e. The first-order valence-electron chi connectivity index (χ1n) is 12.0. The van der Waals surface area contributed by atoms with Crippen LogP contribution in [-0.4, -0.2) is 67.5 Å². The van der Waals surface area contributed by atoms with Gasteiger partial charge in [-0.3, -0.25) is 4.90 Å². The number of piperidine rings is 1. The molecule has 2 fully saturated rings. The van der Waals surface area contributed by atoms with E-state index in [4.69, 9.17) is 19.4 Å². The van der Waals surface area contributed by atoms with E-state index < -0.39 is 6.17 Å². The molecule has 0 radical (unpaired) electrons. The highest BCUT2D eigenvalue weighted by Gasteiger charge is 2.26. The smallest absolute Gasteiger partial charge is 0.227 e. The fraction of sp³-hybridized carbons (Fsp3) is 0.462. The van der Waals surface area contributed by atoms with Crippen molar-refractivity contribution in [3.05, 3.63) is 48.0 Å². The van der Waals surface area contributed by atoms with Crippen LogP contribution in [-0.2, 0) is 6.54 Å². The maximum Gasteiger partial charge on any atom is 0.227 e. The van der Waals surface area contributed by atoms with E-state index in [1.54, 1.807) is 14.2 Å². The van der Waals surface area contributed by atoms with Crippen LogP contribution < -0.4 is 19.7 Å². The molecule has 3 heterocycles. The van der Waals surface area contributed by atoms with E-state index in [0.29, 0.717) is 30.4 Å². The fourth-order valence-corrected chi connectivity index (χ4v) is 4.93. The molecule has 180 valence electrons. The summed E-state index contributed by atoms with van der Waals surface area (Å²) in [7, 11) is 3.24. The van der Waals surface area contributed by atoms with Gasteiger partial charge in [0.05, 0.1) is 26.3 Å². The van der Waals surface area contributed by atoms with Crippen molar-refractivity contribution < 1.29 is 13.9 Å². The molecule has 1 N–H and O–H groups in total. The average molecular weight is 466 g/mol. The Morgan fingerprint density at radius 2 is 1.79 bits per heavy atom. The van der Waals surface area contributed by atoms with Crippen molar-refractivity contribution in [3.8, 4) is 11.5 Å². The van der Waals surface area contributed by atoms with Gasteiger partial charge in [-0.05, 0) is 30.9 Å². The molecule has 3 aromatic rings. The minimum atomic E-state index is -0.851. The van der Waals surface area contributed by atoms with Gasteiger partial charge in [-0.25, -0.2) is 9.37 Å². The van der Waals surface area contributed by atoms with E-state index in [-0.39, 0.29) is 6.04 Å². The normalized spacial score (nSPS) is 21.1. The Kier molecular flexibility index (Phi) is 6.67. The van der Waals surface area contributed by atoms with Crippen LogP contribution in [0.1, 0.15) is 24.8 Å². The molecule has 2 aliphatic heterocycles. The van der Waals surface area contributed by atoms with Gasteiger partial charge < -0.3 is 19.7 Å². The molecule has 2 aliphatic rings. The summed E-state index contributed by atoms with van der Waals surface area (Å²) in [5, 5.41) is 4.54. The number of aromatic nitrogens is 2. The van der Waals surface area contributed by atoms with Gasteiger partial charge in [0.2, 0.25) is 5.95 Å². The predicted molar refractivity (Wildman–Crippen MR) is 133 cm³/mol. The number of nitrogens with zero attached hydrogens (tertiary/aromatic N) is 4. The third kappa shape index (κ3) is 4.87. The Bertz CT molecular complexity index is 1130. The van der Waals surface area contributed by atoms with Gasteiger partial charge >= 0.3 is 0 Å². The summed E-state index contributed by atoms with van der Waals surface area (Å²) >= 11 is 0. The topological polar surface area (TPSA) is 62.8 Å². The van der Waals surface area contributed by atoms with Crippen molar-refractivity contribution in [1.82, 2.24) is 14.9 Å². The van der Waals surface area contributed by atoms with Gasteiger partial charge in [0.15, 0.2) is 11.5 Å². The number of halogens is 1. The molecule has 2 unspecified atom stereocenters. The maximum absolute atomic E-state index is 14.1. The molecule has 2 atom stereocenters. The van der Waals surface area contributed by atoms with Crippen LogP contribution >= 0.6 is 0 Å². The lowest BCUT2D eigenvalue weighted by Crippen LogP contribution is -2.37. The lowest BCUT2D eigenvalue weighted by Gasteiger charge is -2.29. The van der Waals surface area contributed by atoms with E-state index in [9.17, 15) is 4.39 Å². The molecule has 5 rings (SSSR count). The second-order valence-corrected chi connectivity index (χ2v) is 9.13. The minimum Gasteiger partial charge on any atom is -0.493 e. The predicted octanol–water partition coefficient (Wildman–Crippen LogP) is 4.27. The number of nitrogens with one attached hydrogen (secondary N) is 1. The molecular formula is C26H32FN5O2. The van der Waals surface area contributed by atoms with Gasteiger partial charge in [0.25, 0.3) is 0 Å². The van der Waals surface area contributed by atoms with Crippen molar-refractivity contribution in [2.24, 2.45) is 0 Å². The summed E-state index contributed by atoms with van der Waals surface area (Å²) in [6, 6.07) is 14.6. The highest BCUT2D eigenvalue weighted by Crippen LogP contribution is 2.36. The zero-order valence-electron chi connectivity index (χ0n) is 19.8. The minimum absolute atomic E-state index is 0.262. The number of hydrogen-bond donors (Lipinski definition) is 1. The Morgan fingerprint density at radius 1 is 1.00 bits per heavy atom. The molecule has 0 aliphatic carbocycles. The number of methoxy groups -OCH3 is 2. The molecule has 1 aromatic heterocycles. The molecule has 34 heavy (non-hydrogen) atoms. The van der Waals surface area contributed by atoms with Gasteiger partial charge in [0.1, 0.15) is 12.0 Å². The van der Waals surface area contributed by atoms with Crippen LogP contribution in [0.5, 0.6) is 11.5 Å². The highest BCUT2D eigenvalue weighted by atomic mass is 19.1. The number of ether oxygens (including phenoxy) is 2. The molecule has 0 amide bonds. The van der Waals surface area contributed by atoms with Crippen LogP contribution in [0.15, 0.2) is 42.5 Å². The number of rotatable bonds is 7. The van der Waals surface area contributed by atoms with Crippen LogP contribution in [0.3, 0.4) is 0 Å². The quantitative estimate of drug-likeness (QED) is 0.559. The van der Waals surface area contributed by atoms with Crippen LogP contribution in [0.4, 0.5) is 16.2 Å². The zero-order chi connectivity index (χ0) is 23.5. The molecule has 0 saturated carbocycles. The lowest BCUT2D eigenvalue weighted by atomic mass is 10.1. The third-order valence-electron chi connectivity index (χ3n) is 6.70. The molecule has 7 nitrogen and oxygen atoms in total. The van der Waals surface area contributed by atoms with Gasteiger partial charge in [-0.1, -0.05) is 30.3 Å². The maximum atomic E-state index is 14.1. The Balaban J connectivity index is 1.43. The molecule has 0 spiro atoms. The van der Waals surface area contributed by atoms with Crippen LogP contribution in [0.2, 0.25) is 0 Å². The monoisotopic (exact) mass is 465 g/mol. The van der Waals surface area contributed by atoms with E-state index in [2.05, 4.69) is 34.5 Å². The summed E-state index contributed by atoms with van der Waals surface area (Å²) in [6.45, 7) is 3.97. The van der Waals surface area contributed by atoms with Crippen molar-refractivity contribution in [2.75, 3.05) is 50.6 Å². The second kappa shape index (κ2) is 10.0. The van der Waals surface area contributed by atoms with Crippen molar-refractivity contribution in [2.45, 2.75) is 38.0 Å². The van der Waals surface area contributed by atoms with E-state index >= 15 is 0 Å².